The van der Waals surface area contributed by atoms with E-state index in [2.05, 4.69) is 56.5 Å². The normalized spacial score (nSPS) is 14.9. The van der Waals surface area contributed by atoms with Gasteiger partial charge < -0.3 is 10.4 Å². The Morgan fingerprint density at radius 1 is 0.767 bits per heavy atom. The van der Waals surface area contributed by atoms with Gasteiger partial charge in [0.25, 0.3) is 0 Å². The van der Waals surface area contributed by atoms with E-state index in [1.165, 1.54) is 12.5 Å². The summed E-state index contributed by atoms with van der Waals surface area (Å²) >= 11 is 0. The zero-order chi connectivity index (χ0) is 22.3. The van der Waals surface area contributed by atoms with Crippen molar-refractivity contribution in [3.8, 4) is 0 Å². The number of unbranched alkanes of at least 4 members (excludes halogenated alkanes) is 3. The molecular formula is C27H43NO2. The van der Waals surface area contributed by atoms with Crippen LogP contribution in [0.3, 0.4) is 0 Å². The minimum Gasteiger partial charge on any atom is -0.373 e. The van der Waals surface area contributed by atoms with Crippen molar-refractivity contribution in [2.75, 3.05) is 0 Å². The molecule has 3 nitrogen and oxygen atoms in total. The van der Waals surface area contributed by atoms with E-state index in [-0.39, 0.29) is 11.8 Å². The second-order valence-corrected chi connectivity index (χ2v) is 7.40. The van der Waals surface area contributed by atoms with Gasteiger partial charge in [-0.15, -0.1) is 0 Å². The summed E-state index contributed by atoms with van der Waals surface area (Å²) in [5.74, 6) is -0.116. The number of aliphatic hydroxyl groups is 1. The molecule has 2 atom stereocenters. The van der Waals surface area contributed by atoms with Crippen molar-refractivity contribution in [1.82, 2.24) is 5.32 Å². The molecule has 0 rings (SSSR count). The summed E-state index contributed by atoms with van der Waals surface area (Å²) in [6, 6.07) is 0. The molecule has 0 fully saturated rings. The number of carbonyl (C=O) groups is 1. The van der Waals surface area contributed by atoms with Gasteiger partial charge in [0.2, 0.25) is 5.91 Å². The molecule has 1 amide bonds. The number of amides is 1. The lowest BCUT2D eigenvalue weighted by molar-refractivity contribution is -0.120. The number of hydrogen-bond donors (Lipinski definition) is 2. The average molecular weight is 414 g/mol. The predicted octanol–water partition coefficient (Wildman–Crippen LogP) is 6.95. The van der Waals surface area contributed by atoms with E-state index in [1.807, 2.05) is 30.4 Å². The monoisotopic (exact) mass is 413 g/mol. The van der Waals surface area contributed by atoms with Crippen LogP contribution in [0.1, 0.15) is 78.6 Å². The Morgan fingerprint density at radius 3 is 1.93 bits per heavy atom. The van der Waals surface area contributed by atoms with Gasteiger partial charge in [0.15, 0.2) is 0 Å². The van der Waals surface area contributed by atoms with Crippen LogP contribution in [0.25, 0.3) is 0 Å². The lowest BCUT2D eigenvalue weighted by Gasteiger charge is -2.23. The largest absolute Gasteiger partial charge is 0.373 e. The lowest BCUT2D eigenvalue weighted by atomic mass is 9.94. The minimum atomic E-state index is -0.770. The van der Waals surface area contributed by atoms with E-state index < -0.39 is 6.23 Å². The Labute approximate surface area is 185 Å². The molecule has 0 radical (unpaired) electrons. The fourth-order valence-corrected chi connectivity index (χ4v) is 2.96. The van der Waals surface area contributed by atoms with Gasteiger partial charge in [-0.25, -0.2) is 0 Å². The molecule has 0 aliphatic rings. The quantitative estimate of drug-likeness (QED) is 0.117. The maximum Gasteiger partial charge on any atom is 0.245 e. The zero-order valence-corrected chi connectivity index (χ0v) is 19.3. The summed E-state index contributed by atoms with van der Waals surface area (Å²) < 4.78 is 0. The van der Waals surface area contributed by atoms with Crippen LogP contribution >= 0.6 is 0 Å². The molecule has 2 unspecified atom stereocenters. The fourth-order valence-electron chi connectivity index (χ4n) is 2.96. The fraction of sp³-hybridized carbons (Fsp3) is 0.519. The molecule has 0 bridgehead atoms. The van der Waals surface area contributed by atoms with Gasteiger partial charge in [0.05, 0.1) is 0 Å². The molecule has 2 N–H and O–H groups in total. The first-order valence-corrected chi connectivity index (χ1v) is 11.6. The van der Waals surface area contributed by atoms with Crippen molar-refractivity contribution in [1.29, 1.82) is 0 Å². The topological polar surface area (TPSA) is 49.3 Å². The van der Waals surface area contributed by atoms with E-state index in [0.717, 1.165) is 51.4 Å². The van der Waals surface area contributed by atoms with Gasteiger partial charge in [-0.1, -0.05) is 113 Å². The Hall–Kier alpha value is -2.13. The van der Waals surface area contributed by atoms with E-state index in [4.69, 9.17) is 0 Å². The first-order valence-electron chi connectivity index (χ1n) is 11.6. The van der Waals surface area contributed by atoms with Crippen LogP contribution in [-0.4, -0.2) is 17.2 Å². The zero-order valence-electron chi connectivity index (χ0n) is 19.3. The second-order valence-electron chi connectivity index (χ2n) is 7.40. The van der Waals surface area contributed by atoms with Crippen molar-refractivity contribution in [3.05, 3.63) is 72.9 Å². The third-order valence-corrected chi connectivity index (χ3v) is 4.63. The molecule has 0 aromatic carbocycles. The Balaban J connectivity index is 4.11. The van der Waals surface area contributed by atoms with Crippen LogP contribution in [-0.2, 0) is 4.79 Å². The number of allylic oxidation sites excluding steroid dienone is 11. The molecule has 0 saturated heterocycles. The number of carbonyl (C=O) groups excluding carboxylic acids is 1. The molecule has 0 aromatic rings. The van der Waals surface area contributed by atoms with E-state index in [1.54, 1.807) is 6.08 Å². The maximum atomic E-state index is 12.0. The van der Waals surface area contributed by atoms with E-state index in [0.29, 0.717) is 0 Å². The average Bonchev–Trinajstić information content (AvgIpc) is 2.73. The lowest BCUT2D eigenvalue weighted by Crippen LogP contribution is -2.39. The van der Waals surface area contributed by atoms with Crippen LogP contribution in [0, 0.1) is 5.92 Å². The Kier molecular flexibility index (Phi) is 20.0. The van der Waals surface area contributed by atoms with Crippen LogP contribution < -0.4 is 5.32 Å². The van der Waals surface area contributed by atoms with Gasteiger partial charge in [-0.2, -0.15) is 0 Å². The van der Waals surface area contributed by atoms with Gasteiger partial charge in [0.1, 0.15) is 6.23 Å². The van der Waals surface area contributed by atoms with E-state index >= 15 is 0 Å². The number of hydrogen-bond acceptors (Lipinski definition) is 2. The summed E-state index contributed by atoms with van der Waals surface area (Å²) in [7, 11) is 0. The predicted molar refractivity (Wildman–Crippen MR) is 131 cm³/mol. The third-order valence-electron chi connectivity index (χ3n) is 4.63. The summed E-state index contributed by atoms with van der Waals surface area (Å²) in [5, 5.41) is 13.0. The number of nitrogens with one attached hydrogen (secondary N) is 1. The summed E-state index contributed by atoms with van der Waals surface area (Å²) in [4.78, 5) is 12.0. The first kappa shape index (κ1) is 27.9. The number of rotatable bonds is 17. The first-order chi connectivity index (χ1) is 14.7. The van der Waals surface area contributed by atoms with Crippen LogP contribution in [0.2, 0.25) is 0 Å². The molecule has 0 aliphatic heterocycles. The summed E-state index contributed by atoms with van der Waals surface area (Å²) in [6.07, 6.45) is 32.0. The highest BCUT2D eigenvalue weighted by atomic mass is 16.3. The van der Waals surface area contributed by atoms with E-state index in [9.17, 15) is 9.90 Å². The SMILES string of the molecule is CCC=CC=CC=CCCC=CC=CC=CC(=O)NC(O)C(CCC)CCCCC. The third kappa shape index (κ3) is 17.9. The van der Waals surface area contributed by atoms with Gasteiger partial charge in [0, 0.05) is 12.0 Å². The molecule has 168 valence electrons. The minimum absolute atomic E-state index is 0.134. The Morgan fingerprint density at radius 2 is 1.37 bits per heavy atom. The standard InChI is InChI=1S/C27H43NO2/c1-4-7-9-10-11-12-13-14-15-16-17-18-19-21-24-26(29)28-27(30)25(22-6-3)23-20-8-5-2/h7,9-13,16-19,21,24-25,27,30H,4-6,8,14-15,20,22-23H2,1-3H3,(H,28,29). The smallest absolute Gasteiger partial charge is 0.245 e. The molecular weight excluding hydrogens is 370 g/mol. The highest BCUT2D eigenvalue weighted by molar-refractivity contribution is 5.87. The van der Waals surface area contributed by atoms with Crippen molar-refractivity contribution >= 4 is 5.91 Å². The maximum absolute atomic E-state index is 12.0. The van der Waals surface area contributed by atoms with Crippen LogP contribution in [0.5, 0.6) is 0 Å². The van der Waals surface area contributed by atoms with Crippen LogP contribution in [0.4, 0.5) is 0 Å². The Bertz CT molecular complexity index is 582. The molecule has 0 aliphatic carbocycles. The highest BCUT2D eigenvalue weighted by Crippen LogP contribution is 2.18. The molecule has 0 heterocycles. The molecule has 0 aromatic heterocycles. The molecule has 0 spiro atoms. The van der Waals surface area contributed by atoms with Crippen molar-refractivity contribution in [2.45, 2.75) is 84.8 Å². The molecule has 30 heavy (non-hydrogen) atoms. The van der Waals surface area contributed by atoms with Crippen LogP contribution in [0.15, 0.2) is 72.9 Å². The van der Waals surface area contributed by atoms with Crippen molar-refractivity contribution in [3.63, 3.8) is 0 Å². The summed E-state index contributed by atoms with van der Waals surface area (Å²) in [6.45, 7) is 6.40. The van der Waals surface area contributed by atoms with Crippen molar-refractivity contribution in [2.24, 2.45) is 5.92 Å². The molecule has 0 saturated carbocycles. The number of aliphatic hydroxyl groups excluding tert-OH is 1. The summed E-state index contributed by atoms with van der Waals surface area (Å²) in [5.41, 5.74) is 0. The van der Waals surface area contributed by atoms with Gasteiger partial charge >= 0.3 is 0 Å². The molecule has 3 heteroatoms. The van der Waals surface area contributed by atoms with Gasteiger partial charge in [-0.3, -0.25) is 4.79 Å². The highest BCUT2D eigenvalue weighted by Gasteiger charge is 2.18. The second kappa shape index (κ2) is 21.6. The van der Waals surface area contributed by atoms with Crippen molar-refractivity contribution < 1.29 is 9.90 Å². The van der Waals surface area contributed by atoms with Gasteiger partial charge in [-0.05, 0) is 32.1 Å².